The number of rotatable bonds is 3. The average molecular weight is 273 g/mol. The molecule has 1 aromatic rings. The van der Waals surface area contributed by atoms with Crippen molar-refractivity contribution in [3.05, 3.63) is 33.8 Å². The summed E-state index contributed by atoms with van der Waals surface area (Å²) in [6, 6.07) is 4.90. The smallest absolute Gasteiger partial charge is 0.251 e. The van der Waals surface area contributed by atoms with Crippen LogP contribution in [-0.4, -0.2) is 25.5 Å². The Labute approximate surface area is 110 Å². The van der Waals surface area contributed by atoms with Crippen molar-refractivity contribution in [2.45, 2.75) is 6.42 Å². The van der Waals surface area contributed by atoms with Gasteiger partial charge in [0.05, 0.1) is 10.0 Å². The average Bonchev–Trinajstić information content (AvgIpc) is 2.82. The molecular weight excluding hydrogens is 259 g/mol. The highest BCUT2D eigenvalue weighted by atomic mass is 35.5. The summed E-state index contributed by atoms with van der Waals surface area (Å²) in [5, 5.41) is 7.04. The van der Waals surface area contributed by atoms with Gasteiger partial charge in [-0.25, -0.2) is 0 Å². The number of amides is 1. The standard InChI is InChI=1S/C12H14Cl2N2O/c13-10-2-1-9(5-11(10)14)12(17)16-7-8-3-4-15-6-8/h1-2,5,8,15H,3-4,6-7H2,(H,16,17). The van der Waals surface area contributed by atoms with E-state index in [4.69, 9.17) is 23.2 Å². The molecule has 17 heavy (non-hydrogen) atoms. The summed E-state index contributed by atoms with van der Waals surface area (Å²) in [6.45, 7) is 2.71. The summed E-state index contributed by atoms with van der Waals surface area (Å²) in [6.07, 6.45) is 1.11. The van der Waals surface area contributed by atoms with E-state index in [1.807, 2.05) is 0 Å². The molecule has 3 nitrogen and oxygen atoms in total. The van der Waals surface area contributed by atoms with Crippen molar-refractivity contribution in [1.82, 2.24) is 10.6 Å². The molecule has 0 bridgehead atoms. The minimum absolute atomic E-state index is 0.101. The van der Waals surface area contributed by atoms with E-state index < -0.39 is 0 Å². The van der Waals surface area contributed by atoms with Crippen molar-refractivity contribution in [3.8, 4) is 0 Å². The summed E-state index contributed by atoms with van der Waals surface area (Å²) in [5.74, 6) is 0.428. The predicted molar refractivity (Wildman–Crippen MR) is 69.8 cm³/mol. The lowest BCUT2D eigenvalue weighted by Crippen LogP contribution is -2.30. The Kier molecular flexibility index (Phi) is 4.26. The fourth-order valence-corrected chi connectivity index (χ4v) is 2.16. The third-order valence-corrected chi connectivity index (χ3v) is 3.63. The molecule has 2 rings (SSSR count). The second-order valence-corrected chi connectivity index (χ2v) is 5.01. The van der Waals surface area contributed by atoms with E-state index in [-0.39, 0.29) is 5.91 Å². The minimum atomic E-state index is -0.101. The molecule has 1 fully saturated rings. The number of carbonyl (C=O) groups excluding carboxylic acids is 1. The highest BCUT2D eigenvalue weighted by molar-refractivity contribution is 6.42. The monoisotopic (exact) mass is 272 g/mol. The fourth-order valence-electron chi connectivity index (χ4n) is 1.87. The van der Waals surface area contributed by atoms with Crippen LogP contribution in [0.1, 0.15) is 16.8 Å². The van der Waals surface area contributed by atoms with E-state index in [0.29, 0.717) is 28.1 Å². The van der Waals surface area contributed by atoms with E-state index >= 15 is 0 Å². The lowest BCUT2D eigenvalue weighted by molar-refractivity contribution is 0.0948. The molecule has 1 amide bonds. The zero-order valence-corrected chi connectivity index (χ0v) is 10.8. The van der Waals surface area contributed by atoms with Crippen LogP contribution in [0.25, 0.3) is 0 Å². The van der Waals surface area contributed by atoms with Gasteiger partial charge in [0.15, 0.2) is 0 Å². The summed E-state index contributed by atoms with van der Waals surface area (Å²) < 4.78 is 0. The molecule has 1 heterocycles. The van der Waals surface area contributed by atoms with Crippen molar-refractivity contribution in [1.29, 1.82) is 0 Å². The van der Waals surface area contributed by atoms with Crippen LogP contribution in [0, 0.1) is 5.92 Å². The molecule has 92 valence electrons. The van der Waals surface area contributed by atoms with Gasteiger partial charge >= 0.3 is 0 Å². The normalized spacial score (nSPS) is 19.3. The van der Waals surface area contributed by atoms with E-state index in [1.54, 1.807) is 18.2 Å². The van der Waals surface area contributed by atoms with Crippen molar-refractivity contribution in [3.63, 3.8) is 0 Å². The van der Waals surface area contributed by atoms with Crippen molar-refractivity contribution in [2.75, 3.05) is 19.6 Å². The van der Waals surface area contributed by atoms with Crippen LogP contribution in [0.15, 0.2) is 18.2 Å². The van der Waals surface area contributed by atoms with Crippen LogP contribution in [0.3, 0.4) is 0 Å². The van der Waals surface area contributed by atoms with Gasteiger partial charge in [0, 0.05) is 12.1 Å². The van der Waals surface area contributed by atoms with Gasteiger partial charge in [-0.2, -0.15) is 0 Å². The Morgan fingerprint density at radius 1 is 1.41 bits per heavy atom. The highest BCUT2D eigenvalue weighted by Gasteiger charge is 2.15. The van der Waals surface area contributed by atoms with Crippen molar-refractivity contribution in [2.24, 2.45) is 5.92 Å². The van der Waals surface area contributed by atoms with Crippen LogP contribution < -0.4 is 10.6 Å². The van der Waals surface area contributed by atoms with E-state index in [0.717, 1.165) is 19.5 Å². The molecular formula is C12H14Cl2N2O. The molecule has 0 aliphatic carbocycles. The van der Waals surface area contributed by atoms with Gasteiger partial charge in [0.1, 0.15) is 0 Å². The van der Waals surface area contributed by atoms with Crippen LogP contribution >= 0.6 is 23.2 Å². The van der Waals surface area contributed by atoms with E-state index in [9.17, 15) is 4.79 Å². The maximum Gasteiger partial charge on any atom is 0.251 e. The summed E-state index contributed by atoms with van der Waals surface area (Å²) in [4.78, 5) is 11.8. The molecule has 2 N–H and O–H groups in total. The van der Waals surface area contributed by atoms with Gasteiger partial charge in [-0.05, 0) is 43.6 Å². The van der Waals surface area contributed by atoms with E-state index in [2.05, 4.69) is 10.6 Å². The lowest BCUT2D eigenvalue weighted by Gasteiger charge is -2.10. The predicted octanol–water partition coefficient (Wildman–Crippen LogP) is 2.33. The number of hydrogen-bond donors (Lipinski definition) is 2. The van der Waals surface area contributed by atoms with Gasteiger partial charge in [-0.1, -0.05) is 23.2 Å². The Bertz CT molecular complexity index is 417. The Hall–Kier alpha value is -0.770. The summed E-state index contributed by atoms with van der Waals surface area (Å²) >= 11 is 11.7. The van der Waals surface area contributed by atoms with Crippen LogP contribution in [0.5, 0.6) is 0 Å². The first-order chi connectivity index (χ1) is 8.16. The molecule has 0 spiro atoms. The number of carbonyl (C=O) groups is 1. The quantitative estimate of drug-likeness (QED) is 0.887. The number of benzene rings is 1. The largest absolute Gasteiger partial charge is 0.352 e. The first-order valence-corrected chi connectivity index (χ1v) is 6.36. The maximum absolute atomic E-state index is 11.8. The Balaban J connectivity index is 1.92. The highest BCUT2D eigenvalue weighted by Crippen LogP contribution is 2.22. The van der Waals surface area contributed by atoms with Crippen molar-refractivity contribution >= 4 is 29.1 Å². The molecule has 5 heteroatoms. The van der Waals surface area contributed by atoms with Crippen molar-refractivity contribution < 1.29 is 4.79 Å². The third kappa shape index (κ3) is 3.35. The van der Waals surface area contributed by atoms with Gasteiger partial charge in [0.25, 0.3) is 5.91 Å². The summed E-state index contributed by atoms with van der Waals surface area (Å²) in [7, 11) is 0. The van der Waals surface area contributed by atoms with Gasteiger partial charge in [0.2, 0.25) is 0 Å². The number of hydrogen-bond acceptors (Lipinski definition) is 2. The number of nitrogens with one attached hydrogen (secondary N) is 2. The van der Waals surface area contributed by atoms with Gasteiger partial charge in [-0.3, -0.25) is 4.79 Å². The topological polar surface area (TPSA) is 41.1 Å². The minimum Gasteiger partial charge on any atom is -0.352 e. The van der Waals surface area contributed by atoms with Crippen LogP contribution in [0.2, 0.25) is 10.0 Å². The van der Waals surface area contributed by atoms with Crippen LogP contribution in [-0.2, 0) is 0 Å². The molecule has 1 atom stereocenters. The summed E-state index contributed by atoms with van der Waals surface area (Å²) in [5.41, 5.74) is 0.547. The molecule has 0 aromatic heterocycles. The second-order valence-electron chi connectivity index (χ2n) is 4.20. The Morgan fingerprint density at radius 3 is 2.88 bits per heavy atom. The Morgan fingerprint density at radius 2 is 2.24 bits per heavy atom. The molecule has 0 saturated carbocycles. The molecule has 1 aliphatic rings. The van der Waals surface area contributed by atoms with Gasteiger partial charge in [-0.15, -0.1) is 0 Å². The molecule has 0 radical (unpaired) electrons. The van der Waals surface area contributed by atoms with E-state index in [1.165, 1.54) is 0 Å². The molecule has 1 aliphatic heterocycles. The fraction of sp³-hybridized carbons (Fsp3) is 0.417. The lowest BCUT2D eigenvalue weighted by atomic mass is 10.1. The second kappa shape index (κ2) is 5.71. The molecule has 1 aromatic carbocycles. The third-order valence-electron chi connectivity index (χ3n) is 2.90. The maximum atomic E-state index is 11.8. The first kappa shape index (κ1) is 12.7. The number of halogens is 2. The zero-order chi connectivity index (χ0) is 12.3. The van der Waals surface area contributed by atoms with Gasteiger partial charge < -0.3 is 10.6 Å². The SMILES string of the molecule is O=C(NCC1CCNC1)c1ccc(Cl)c(Cl)c1. The first-order valence-electron chi connectivity index (χ1n) is 5.61. The van der Waals surface area contributed by atoms with Crippen LogP contribution in [0.4, 0.5) is 0 Å². The molecule has 1 unspecified atom stereocenters. The zero-order valence-electron chi connectivity index (χ0n) is 9.30. The molecule has 1 saturated heterocycles.